The fourth-order valence-corrected chi connectivity index (χ4v) is 2.05. The lowest BCUT2D eigenvalue weighted by Gasteiger charge is -2.16. The van der Waals surface area contributed by atoms with Crippen molar-refractivity contribution in [2.45, 2.75) is 26.3 Å². The SMILES string of the molecule is CCCCOC(=O)CN(C)Cc1cccc(Br)c1. The van der Waals surface area contributed by atoms with Crippen molar-refractivity contribution in [3.8, 4) is 0 Å². The van der Waals surface area contributed by atoms with Crippen molar-refractivity contribution in [1.82, 2.24) is 4.90 Å². The smallest absolute Gasteiger partial charge is 0.320 e. The average Bonchev–Trinajstić information content (AvgIpc) is 2.29. The first-order valence-corrected chi connectivity index (χ1v) is 6.99. The van der Waals surface area contributed by atoms with Gasteiger partial charge in [-0.05, 0) is 31.2 Å². The van der Waals surface area contributed by atoms with Gasteiger partial charge in [-0.2, -0.15) is 0 Å². The van der Waals surface area contributed by atoms with E-state index in [1.54, 1.807) is 0 Å². The number of nitrogens with zero attached hydrogens (tertiary/aromatic N) is 1. The van der Waals surface area contributed by atoms with Crippen LogP contribution in [0.25, 0.3) is 0 Å². The van der Waals surface area contributed by atoms with Gasteiger partial charge in [0.15, 0.2) is 0 Å². The van der Waals surface area contributed by atoms with Crippen LogP contribution in [0.2, 0.25) is 0 Å². The molecule has 0 saturated heterocycles. The summed E-state index contributed by atoms with van der Waals surface area (Å²) in [4.78, 5) is 13.5. The van der Waals surface area contributed by atoms with E-state index in [1.807, 2.05) is 30.1 Å². The second kappa shape index (κ2) is 8.27. The fraction of sp³-hybridized carbons (Fsp3) is 0.500. The Morgan fingerprint density at radius 3 is 2.89 bits per heavy atom. The Hall–Kier alpha value is -0.870. The second-order valence-corrected chi connectivity index (χ2v) is 5.29. The Morgan fingerprint density at radius 1 is 1.44 bits per heavy atom. The highest BCUT2D eigenvalue weighted by molar-refractivity contribution is 9.10. The van der Waals surface area contributed by atoms with Crippen molar-refractivity contribution in [2.75, 3.05) is 20.2 Å². The van der Waals surface area contributed by atoms with Crippen LogP contribution in [0.3, 0.4) is 0 Å². The minimum atomic E-state index is -0.152. The molecule has 0 unspecified atom stereocenters. The van der Waals surface area contributed by atoms with Crippen LogP contribution < -0.4 is 0 Å². The third-order valence-electron chi connectivity index (χ3n) is 2.50. The molecule has 0 fully saturated rings. The van der Waals surface area contributed by atoms with E-state index in [4.69, 9.17) is 4.74 Å². The molecule has 0 aliphatic heterocycles. The van der Waals surface area contributed by atoms with Gasteiger partial charge < -0.3 is 4.74 Å². The van der Waals surface area contributed by atoms with E-state index in [0.29, 0.717) is 13.2 Å². The van der Waals surface area contributed by atoms with E-state index in [9.17, 15) is 4.79 Å². The maximum Gasteiger partial charge on any atom is 0.320 e. The molecule has 0 bridgehead atoms. The van der Waals surface area contributed by atoms with Crippen LogP contribution in [-0.4, -0.2) is 31.1 Å². The van der Waals surface area contributed by atoms with Gasteiger partial charge in [0.2, 0.25) is 0 Å². The van der Waals surface area contributed by atoms with E-state index >= 15 is 0 Å². The van der Waals surface area contributed by atoms with Crippen LogP contribution in [0.1, 0.15) is 25.3 Å². The summed E-state index contributed by atoms with van der Waals surface area (Å²) in [6.07, 6.45) is 1.97. The predicted octanol–water partition coefficient (Wildman–Crippen LogP) is 3.22. The molecule has 18 heavy (non-hydrogen) atoms. The number of halogens is 1. The van der Waals surface area contributed by atoms with Crippen LogP contribution in [0.5, 0.6) is 0 Å². The largest absolute Gasteiger partial charge is 0.465 e. The molecule has 1 aromatic rings. The van der Waals surface area contributed by atoms with Crippen LogP contribution in [-0.2, 0) is 16.1 Å². The maximum atomic E-state index is 11.5. The molecule has 0 spiro atoms. The Balaban J connectivity index is 2.32. The molecule has 100 valence electrons. The van der Waals surface area contributed by atoms with Crippen molar-refractivity contribution in [1.29, 1.82) is 0 Å². The summed E-state index contributed by atoms with van der Waals surface area (Å²) in [7, 11) is 1.92. The summed E-state index contributed by atoms with van der Waals surface area (Å²) in [6.45, 7) is 3.67. The zero-order valence-electron chi connectivity index (χ0n) is 11.0. The number of benzene rings is 1. The summed E-state index contributed by atoms with van der Waals surface area (Å²) >= 11 is 3.43. The van der Waals surface area contributed by atoms with Crippen LogP contribution in [0, 0.1) is 0 Å². The van der Waals surface area contributed by atoms with Gasteiger partial charge in [-0.1, -0.05) is 41.4 Å². The minimum Gasteiger partial charge on any atom is -0.465 e. The zero-order valence-corrected chi connectivity index (χ0v) is 12.6. The molecule has 0 heterocycles. The van der Waals surface area contributed by atoms with Crippen molar-refractivity contribution in [3.63, 3.8) is 0 Å². The molecule has 0 saturated carbocycles. The first-order chi connectivity index (χ1) is 8.61. The molecule has 0 radical (unpaired) electrons. The number of hydrogen-bond acceptors (Lipinski definition) is 3. The van der Waals surface area contributed by atoms with Crippen molar-refractivity contribution in [3.05, 3.63) is 34.3 Å². The van der Waals surface area contributed by atoms with Gasteiger partial charge in [0, 0.05) is 11.0 Å². The van der Waals surface area contributed by atoms with Crippen LogP contribution >= 0.6 is 15.9 Å². The lowest BCUT2D eigenvalue weighted by atomic mass is 10.2. The molecular formula is C14H20BrNO2. The second-order valence-electron chi connectivity index (χ2n) is 4.38. The molecule has 4 heteroatoms. The summed E-state index contributed by atoms with van der Waals surface area (Å²) in [6, 6.07) is 8.08. The number of carbonyl (C=O) groups excluding carboxylic acids is 1. The molecule has 0 aliphatic carbocycles. The highest BCUT2D eigenvalue weighted by Gasteiger charge is 2.08. The Bertz CT molecular complexity index is 382. The van der Waals surface area contributed by atoms with E-state index < -0.39 is 0 Å². The van der Waals surface area contributed by atoms with Crippen LogP contribution in [0.4, 0.5) is 0 Å². The molecule has 0 N–H and O–H groups in total. The van der Waals surface area contributed by atoms with Gasteiger partial charge in [-0.3, -0.25) is 9.69 Å². The van der Waals surface area contributed by atoms with Gasteiger partial charge in [0.1, 0.15) is 0 Å². The molecule has 1 rings (SSSR count). The quantitative estimate of drug-likeness (QED) is 0.572. The number of rotatable bonds is 7. The van der Waals surface area contributed by atoms with E-state index in [2.05, 4.69) is 28.9 Å². The number of unbranched alkanes of at least 4 members (excludes halogenated alkanes) is 1. The highest BCUT2D eigenvalue weighted by Crippen LogP contribution is 2.12. The Kier molecular flexibility index (Phi) is 6.98. The van der Waals surface area contributed by atoms with Gasteiger partial charge in [0.25, 0.3) is 0 Å². The van der Waals surface area contributed by atoms with Gasteiger partial charge in [0.05, 0.1) is 13.2 Å². The molecule has 0 atom stereocenters. The van der Waals surface area contributed by atoms with Crippen molar-refractivity contribution in [2.24, 2.45) is 0 Å². The first-order valence-electron chi connectivity index (χ1n) is 6.20. The third kappa shape index (κ3) is 6.17. The monoisotopic (exact) mass is 313 g/mol. The lowest BCUT2D eigenvalue weighted by Crippen LogP contribution is -2.27. The van der Waals surface area contributed by atoms with E-state index in [0.717, 1.165) is 23.9 Å². The summed E-state index contributed by atoms with van der Waals surface area (Å²) in [5, 5.41) is 0. The van der Waals surface area contributed by atoms with Gasteiger partial charge in [-0.15, -0.1) is 0 Å². The Labute approximate surface area is 117 Å². The molecule has 1 aromatic carbocycles. The highest BCUT2D eigenvalue weighted by atomic mass is 79.9. The fourth-order valence-electron chi connectivity index (χ4n) is 1.60. The topological polar surface area (TPSA) is 29.5 Å². The van der Waals surface area contributed by atoms with Crippen LogP contribution in [0.15, 0.2) is 28.7 Å². The number of hydrogen-bond donors (Lipinski definition) is 0. The van der Waals surface area contributed by atoms with Gasteiger partial charge >= 0.3 is 5.97 Å². The van der Waals surface area contributed by atoms with Crippen molar-refractivity contribution >= 4 is 21.9 Å². The summed E-state index contributed by atoms with van der Waals surface area (Å²) < 4.78 is 6.18. The summed E-state index contributed by atoms with van der Waals surface area (Å²) in [5.74, 6) is -0.152. The molecular weight excluding hydrogens is 294 g/mol. The third-order valence-corrected chi connectivity index (χ3v) is 2.99. The predicted molar refractivity (Wildman–Crippen MR) is 76.3 cm³/mol. The van der Waals surface area contributed by atoms with E-state index in [-0.39, 0.29) is 5.97 Å². The maximum absolute atomic E-state index is 11.5. The number of likely N-dealkylation sites (N-methyl/N-ethyl adjacent to an activating group) is 1. The average molecular weight is 314 g/mol. The normalized spacial score (nSPS) is 10.7. The number of carbonyl (C=O) groups is 1. The lowest BCUT2D eigenvalue weighted by molar-refractivity contribution is -0.144. The molecule has 0 amide bonds. The molecule has 0 aromatic heterocycles. The van der Waals surface area contributed by atoms with E-state index in [1.165, 1.54) is 5.56 Å². The first kappa shape index (κ1) is 15.2. The number of ether oxygens (including phenoxy) is 1. The van der Waals surface area contributed by atoms with Gasteiger partial charge in [-0.25, -0.2) is 0 Å². The Morgan fingerprint density at radius 2 is 2.22 bits per heavy atom. The number of esters is 1. The minimum absolute atomic E-state index is 0.152. The standard InChI is InChI=1S/C14H20BrNO2/c1-3-4-8-18-14(17)11-16(2)10-12-6-5-7-13(15)9-12/h5-7,9H,3-4,8,10-11H2,1-2H3. The molecule has 3 nitrogen and oxygen atoms in total. The summed E-state index contributed by atoms with van der Waals surface area (Å²) in [5.41, 5.74) is 1.17. The zero-order chi connectivity index (χ0) is 13.4. The molecule has 0 aliphatic rings. The van der Waals surface area contributed by atoms with Crippen molar-refractivity contribution < 1.29 is 9.53 Å².